The highest BCUT2D eigenvalue weighted by molar-refractivity contribution is 7.07. The summed E-state index contributed by atoms with van der Waals surface area (Å²) in [7, 11) is 3.13. The Labute approximate surface area is 211 Å². The first-order valence-electron chi connectivity index (χ1n) is 11.3. The lowest BCUT2D eigenvalue weighted by molar-refractivity contribution is -0.136. The number of hydrogen-bond donors (Lipinski definition) is 0. The van der Waals surface area contributed by atoms with Gasteiger partial charge in [0.2, 0.25) is 0 Å². The lowest BCUT2D eigenvalue weighted by atomic mass is 9.96. The molecular formula is C27H24N4O4S. The molecule has 1 aliphatic rings. The topological polar surface area (TPSA) is 87.7 Å². The Kier molecular flexibility index (Phi) is 6.15. The second-order valence-electron chi connectivity index (χ2n) is 8.40. The van der Waals surface area contributed by atoms with Crippen LogP contribution in [0.3, 0.4) is 0 Å². The molecule has 0 amide bonds. The third-order valence-corrected chi connectivity index (χ3v) is 6.89. The second-order valence-corrected chi connectivity index (χ2v) is 9.41. The summed E-state index contributed by atoms with van der Waals surface area (Å²) in [4.78, 5) is 31.6. The Morgan fingerprint density at radius 3 is 2.53 bits per heavy atom. The fourth-order valence-corrected chi connectivity index (χ4v) is 5.36. The number of fused-ring (bicyclic) bond motifs is 1. The maximum atomic E-state index is 13.7. The van der Waals surface area contributed by atoms with Crippen molar-refractivity contribution in [2.45, 2.75) is 19.9 Å². The number of methoxy groups -OCH3 is 1. The van der Waals surface area contributed by atoms with Gasteiger partial charge in [-0.15, -0.1) is 0 Å². The lowest BCUT2D eigenvalue weighted by Gasteiger charge is -2.23. The van der Waals surface area contributed by atoms with Gasteiger partial charge in [0.05, 0.1) is 28.6 Å². The highest BCUT2D eigenvalue weighted by Crippen LogP contribution is 2.32. The zero-order chi connectivity index (χ0) is 25.4. The van der Waals surface area contributed by atoms with Gasteiger partial charge in [0, 0.05) is 18.8 Å². The number of carbonyl (C=O) groups excluding carboxylic acids is 1. The number of rotatable bonds is 5. The molecule has 1 atom stereocenters. The van der Waals surface area contributed by atoms with Gasteiger partial charge in [-0.2, -0.15) is 5.10 Å². The van der Waals surface area contributed by atoms with Gasteiger partial charge in [0.15, 0.2) is 4.80 Å². The molecule has 0 radical (unpaired) electrons. The Morgan fingerprint density at radius 1 is 1.08 bits per heavy atom. The highest BCUT2D eigenvalue weighted by atomic mass is 32.1. The molecule has 0 fully saturated rings. The van der Waals surface area contributed by atoms with Crippen molar-refractivity contribution in [3.8, 4) is 11.5 Å². The van der Waals surface area contributed by atoms with E-state index < -0.39 is 12.0 Å². The lowest BCUT2D eigenvalue weighted by Crippen LogP contribution is -2.40. The first-order chi connectivity index (χ1) is 17.4. The number of esters is 1. The Hall–Kier alpha value is -4.24. The van der Waals surface area contributed by atoms with Crippen molar-refractivity contribution in [2.75, 3.05) is 7.11 Å². The van der Waals surface area contributed by atoms with E-state index in [0.29, 0.717) is 26.4 Å². The Bertz CT molecular complexity index is 1680. The minimum Gasteiger partial charge on any atom is -0.466 e. The second kappa shape index (κ2) is 9.43. The summed E-state index contributed by atoms with van der Waals surface area (Å²) in [5.74, 6) is 0.867. The van der Waals surface area contributed by atoms with Crippen molar-refractivity contribution in [1.82, 2.24) is 14.3 Å². The van der Waals surface area contributed by atoms with E-state index in [1.165, 1.54) is 18.4 Å². The smallest absolute Gasteiger partial charge is 0.338 e. The number of hydrogen-bond acceptors (Lipinski definition) is 7. The van der Waals surface area contributed by atoms with Crippen molar-refractivity contribution in [3.05, 3.63) is 109 Å². The van der Waals surface area contributed by atoms with Crippen molar-refractivity contribution in [1.29, 1.82) is 0 Å². The van der Waals surface area contributed by atoms with Crippen LogP contribution in [0.5, 0.6) is 11.5 Å². The molecule has 182 valence electrons. The molecule has 2 aromatic carbocycles. The Morgan fingerprint density at radius 2 is 1.83 bits per heavy atom. The van der Waals surface area contributed by atoms with Crippen LogP contribution in [0.15, 0.2) is 81.9 Å². The molecular weight excluding hydrogens is 476 g/mol. The van der Waals surface area contributed by atoms with Crippen LogP contribution in [0.25, 0.3) is 6.08 Å². The zero-order valence-electron chi connectivity index (χ0n) is 20.3. The van der Waals surface area contributed by atoms with Gasteiger partial charge in [-0.1, -0.05) is 41.7 Å². The van der Waals surface area contributed by atoms with Crippen LogP contribution in [-0.2, 0) is 16.6 Å². The van der Waals surface area contributed by atoms with E-state index in [-0.39, 0.29) is 5.56 Å². The van der Waals surface area contributed by atoms with E-state index in [2.05, 4.69) is 10.1 Å². The minimum atomic E-state index is -0.683. The SMILES string of the molecule is COC(=O)C1=C(C)N=c2sc(=Cc3cccc(Oc4ccccc4)c3)c(=O)n2C1c1cn(C)nc1C. The molecule has 1 unspecified atom stereocenters. The molecule has 0 aliphatic carbocycles. The zero-order valence-corrected chi connectivity index (χ0v) is 21.1. The van der Waals surface area contributed by atoms with Gasteiger partial charge in [-0.05, 0) is 49.8 Å². The van der Waals surface area contributed by atoms with E-state index in [1.54, 1.807) is 23.2 Å². The molecule has 0 spiro atoms. The van der Waals surface area contributed by atoms with Crippen LogP contribution in [0.4, 0.5) is 0 Å². The van der Waals surface area contributed by atoms with Crippen LogP contribution in [0, 0.1) is 6.92 Å². The van der Waals surface area contributed by atoms with Gasteiger partial charge in [0.25, 0.3) is 5.56 Å². The average Bonchev–Trinajstić information content (AvgIpc) is 3.35. The maximum absolute atomic E-state index is 13.7. The molecule has 0 saturated carbocycles. The number of allylic oxidation sites excluding steroid dienone is 1. The summed E-state index contributed by atoms with van der Waals surface area (Å²) in [6, 6.07) is 16.3. The van der Waals surface area contributed by atoms with E-state index in [4.69, 9.17) is 9.47 Å². The van der Waals surface area contributed by atoms with Crippen molar-refractivity contribution in [3.63, 3.8) is 0 Å². The quantitative estimate of drug-likeness (QED) is 0.393. The summed E-state index contributed by atoms with van der Waals surface area (Å²) < 4.78 is 14.7. The molecule has 9 heteroatoms. The molecule has 1 aliphatic heterocycles. The first-order valence-corrected chi connectivity index (χ1v) is 12.1. The third-order valence-electron chi connectivity index (χ3n) is 5.91. The molecule has 36 heavy (non-hydrogen) atoms. The minimum absolute atomic E-state index is 0.240. The number of thiazole rings is 1. The predicted octanol–water partition coefficient (Wildman–Crippen LogP) is 3.24. The summed E-state index contributed by atoms with van der Waals surface area (Å²) >= 11 is 1.28. The number of aryl methyl sites for hydroxylation is 2. The summed E-state index contributed by atoms with van der Waals surface area (Å²) in [5, 5.41) is 4.43. The van der Waals surface area contributed by atoms with Gasteiger partial charge in [-0.25, -0.2) is 9.79 Å². The van der Waals surface area contributed by atoms with Crippen LogP contribution in [0.1, 0.15) is 29.8 Å². The Balaban J connectivity index is 1.63. The predicted molar refractivity (Wildman–Crippen MR) is 137 cm³/mol. The monoisotopic (exact) mass is 500 g/mol. The molecule has 4 aromatic rings. The number of ether oxygens (including phenoxy) is 2. The fourth-order valence-electron chi connectivity index (χ4n) is 4.32. The van der Waals surface area contributed by atoms with E-state index >= 15 is 0 Å². The molecule has 2 aromatic heterocycles. The summed E-state index contributed by atoms with van der Waals surface area (Å²) in [5.41, 5.74) is 2.88. The molecule has 0 N–H and O–H groups in total. The van der Waals surface area contributed by atoms with E-state index in [0.717, 1.165) is 22.6 Å². The number of nitrogens with zero attached hydrogens (tertiary/aromatic N) is 4. The van der Waals surface area contributed by atoms with Crippen molar-refractivity contribution < 1.29 is 14.3 Å². The maximum Gasteiger partial charge on any atom is 0.338 e. The third kappa shape index (κ3) is 4.29. The number of benzene rings is 2. The van der Waals surface area contributed by atoms with Crippen LogP contribution >= 0.6 is 11.3 Å². The molecule has 5 rings (SSSR count). The molecule has 3 heterocycles. The molecule has 8 nitrogen and oxygen atoms in total. The van der Waals surface area contributed by atoms with Crippen LogP contribution in [-0.4, -0.2) is 27.4 Å². The molecule has 0 bridgehead atoms. The summed E-state index contributed by atoms with van der Waals surface area (Å²) in [6.07, 6.45) is 3.63. The van der Waals surface area contributed by atoms with Gasteiger partial charge < -0.3 is 9.47 Å². The number of aromatic nitrogens is 3. The fraction of sp³-hybridized carbons (Fsp3) is 0.185. The van der Waals surface area contributed by atoms with Crippen molar-refractivity contribution in [2.24, 2.45) is 12.0 Å². The number of para-hydroxylation sites is 1. The van der Waals surface area contributed by atoms with Gasteiger partial charge in [0.1, 0.15) is 17.5 Å². The van der Waals surface area contributed by atoms with E-state index in [9.17, 15) is 9.59 Å². The number of carbonyl (C=O) groups is 1. The van der Waals surface area contributed by atoms with Crippen molar-refractivity contribution >= 4 is 23.4 Å². The molecule has 0 saturated heterocycles. The highest BCUT2D eigenvalue weighted by Gasteiger charge is 2.34. The largest absolute Gasteiger partial charge is 0.466 e. The van der Waals surface area contributed by atoms with Crippen LogP contribution in [0.2, 0.25) is 0 Å². The normalized spacial score (nSPS) is 15.4. The first kappa shape index (κ1) is 23.5. The standard InChI is InChI=1S/C27H24N4O4S/c1-16-21(15-30(3)29-16)24-23(26(33)34-4)17(2)28-27-31(24)25(32)22(36-27)14-18-9-8-12-20(13-18)35-19-10-6-5-7-11-19/h5-15,24H,1-4H3. The van der Waals surface area contributed by atoms with E-state index in [1.807, 2.05) is 73.8 Å². The van der Waals surface area contributed by atoms with Gasteiger partial charge >= 0.3 is 5.97 Å². The van der Waals surface area contributed by atoms with Crippen LogP contribution < -0.4 is 19.6 Å². The average molecular weight is 501 g/mol. The van der Waals surface area contributed by atoms with Gasteiger partial charge in [-0.3, -0.25) is 14.0 Å². The summed E-state index contributed by atoms with van der Waals surface area (Å²) in [6.45, 7) is 3.61.